The van der Waals surface area contributed by atoms with Crippen LogP contribution in [-0.4, -0.2) is 40.7 Å². The number of halogens is 3. The molecule has 1 saturated carbocycles. The van der Waals surface area contributed by atoms with Crippen molar-refractivity contribution in [2.24, 2.45) is 11.0 Å². The summed E-state index contributed by atoms with van der Waals surface area (Å²) in [5.41, 5.74) is -3.05. The van der Waals surface area contributed by atoms with Crippen LogP contribution in [0.4, 0.5) is 13.2 Å². The predicted molar refractivity (Wildman–Crippen MR) is 88.8 cm³/mol. The Kier molecular flexibility index (Phi) is 4.96. The Labute approximate surface area is 149 Å². The van der Waals surface area contributed by atoms with Gasteiger partial charge in [0.2, 0.25) is 0 Å². The molecule has 1 heterocycles. The van der Waals surface area contributed by atoms with Crippen molar-refractivity contribution in [1.29, 1.82) is 0 Å². The van der Waals surface area contributed by atoms with E-state index in [1.807, 2.05) is 0 Å². The first-order valence-electron chi connectivity index (χ1n) is 8.61. The minimum Gasteiger partial charge on any atom is -0.497 e. The SMILES string of the molecule is COc1ccc(C(=O)N2N=C(C3CCCCC3)C[C@]2(O)C(F)(F)F)cc1. The van der Waals surface area contributed by atoms with Crippen LogP contribution in [-0.2, 0) is 0 Å². The highest BCUT2D eigenvalue weighted by Crippen LogP contribution is 2.43. The van der Waals surface area contributed by atoms with Gasteiger partial charge in [0.15, 0.2) is 0 Å². The van der Waals surface area contributed by atoms with E-state index in [0.717, 1.165) is 32.1 Å². The first-order chi connectivity index (χ1) is 12.3. The van der Waals surface area contributed by atoms with Crippen LogP contribution in [0, 0.1) is 5.92 Å². The molecule has 3 rings (SSSR count). The van der Waals surface area contributed by atoms with Crippen molar-refractivity contribution in [3.63, 3.8) is 0 Å². The average Bonchev–Trinajstić information content (AvgIpc) is 3.01. The minimum atomic E-state index is -5.00. The molecule has 1 aromatic carbocycles. The molecule has 0 radical (unpaired) electrons. The smallest absolute Gasteiger partial charge is 0.438 e. The van der Waals surface area contributed by atoms with Gasteiger partial charge in [0, 0.05) is 17.7 Å². The standard InChI is InChI=1S/C18H21F3N2O3/c1-26-14-9-7-13(8-10-14)16(24)23-17(25,18(19,20)21)11-15(22-23)12-5-3-2-4-6-12/h7-10,12,25H,2-6,11H2,1H3/t17-/m0/s1. The van der Waals surface area contributed by atoms with Crippen molar-refractivity contribution in [3.05, 3.63) is 29.8 Å². The van der Waals surface area contributed by atoms with Gasteiger partial charge in [-0.15, -0.1) is 0 Å². The second kappa shape index (κ2) is 6.90. The third-order valence-electron chi connectivity index (χ3n) is 5.07. The lowest BCUT2D eigenvalue weighted by Gasteiger charge is -2.32. The van der Waals surface area contributed by atoms with Crippen LogP contribution in [0.15, 0.2) is 29.4 Å². The van der Waals surface area contributed by atoms with Crippen LogP contribution < -0.4 is 4.74 Å². The Bertz CT molecular complexity index is 697. The topological polar surface area (TPSA) is 62.1 Å². The van der Waals surface area contributed by atoms with Crippen molar-refractivity contribution in [3.8, 4) is 5.75 Å². The molecular weight excluding hydrogens is 349 g/mol. The van der Waals surface area contributed by atoms with E-state index in [9.17, 15) is 23.1 Å². The number of benzene rings is 1. The van der Waals surface area contributed by atoms with Gasteiger partial charge >= 0.3 is 6.18 Å². The van der Waals surface area contributed by atoms with Crippen molar-refractivity contribution in [2.75, 3.05) is 7.11 Å². The number of carbonyl (C=O) groups excluding carboxylic acids is 1. The Morgan fingerprint density at radius 3 is 2.38 bits per heavy atom. The second-order valence-electron chi connectivity index (χ2n) is 6.76. The highest BCUT2D eigenvalue weighted by atomic mass is 19.4. The maximum atomic E-state index is 13.6. The molecule has 1 atom stereocenters. The molecule has 0 unspecified atom stereocenters. The first kappa shape index (κ1) is 18.7. The Hall–Kier alpha value is -2.09. The number of aliphatic hydroxyl groups is 1. The summed E-state index contributed by atoms with van der Waals surface area (Å²) < 4.78 is 45.8. The van der Waals surface area contributed by atoms with Crippen LogP contribution >= 0.6 is 0 Å². The predicted octanol–water partition coefficient (Wildman–Crippen LogP) is 3.73. The zero-order valence-corrected chi connectivity index (χ0v) is 14.4. The second-order valence-corrected chi connectivity index (χ2v) is 6.76. The van der Waals surface area contributed by atoms with Gasteiger partial charge in [0.05, 0.1) is 7.11 Å². The summed E-state index contributed by atoms with van der Waals surface area (Å²) in [6.45, 7) is 0. The number of hydrogen-bond acceptors (Lipinski definition) is 4. The molecule has 1 aliphatic heterocycles. The van der Waals surface area contributed by atoms with Gasteiger partial charge < -0.3 is 9.84 Å². The fourth-order valence-corrected chi connectivity index (χ4v) is 3.53. The minimum absolute atomic E-state index is 0.00196. The number of methoxy groups -OCH3 is 1. The zero-order chi connectivity index (χ0) is 18.9. The van der Waals surface area contributed by atoms with Gasteiger partial charge in [-0.05, 0) is 43.0 Å². The van der Waals surface area contributed by atoms with Crippen molar-refractivity contribution in [1.82, 2.24) is 5.01 Å². The third kappa shape index (κ3) is 3.30. The molecule has 1 aliphatic carbocycles. The Balaban J connectivity index is 1.93. The number of ether oxygens (including phenoxy) is 1. The van der Waals surface area contributed by atoms with E-state index in [0.29, 0.717) is 5.75 Å². The molecule has 8 heteroatoms. The van der Waals surface area contributed by atoms with Gasteiger partial charge in [-0.2, -0.15) is 23.3 Å². The molecule has 0 saturated heterocycles. The van der Waals surface area contributed by atoms with Crippen LogP contribution in [0.2, 0.25) is 0 Å². The quantitative estimate of drug-likeness (QED) is 0.882. The molecule has 0 spiro atoms. The molecule has 1 fully saturated rings. The van der Waals surface area contributed by atoms with E-state index < -0.39 is 24.2 Å². The van der Waals surface area contributed by atoms with Gasteiger partial charge in [-0.1, -0.05) is 19.3 Å². The summed E-state index contributed by atoms with van der Waals surface area (Å²) in [7, 11) is 1.44. The molecule has 2 aliphatic rings. The maximum Gasteiger partial charge on any atom is 0.438 e. The van der Waals surface area contributed by atoms with Crippen LogP contribution in [0.1, 0.15) is 48.9 Å². The molecule has 1 aromatic rings. The number of carbonyl (C=O) groups is 1. The highest BCUT2D eigenvalue weighted by molar-refractivity contribution is 5.99. The summed E-state index contributed by atoms with van der Waals surface area (Å²) in [5.74, 6) is -0.634. The number of amides is 1. The van der Waals surface area contributed by atoms with E-state index in [2.05, 4.69) is 5.10 Å². The highest BCUT2D eigenvalue weighted by Gasteiger charge is 2.63. The summed E-state index contributed by atoms with van der Waals surface area (Å²) in [5, 5.41) is 14.5. The van der Waals surface area contributed by atoms with E-state index in [1.54, 1.807) is 0 Å². The van der Waals surface area contributed by atoms with Crippen molar-refractivity contribution >= 4 is 11.6 Å². The molecule has 5 nitrogen and oxygen atoms in total. The fourth-order valence-electron chi connectivity index (χ4n) is 3.53. The van der Waals surface area contributed by atoms with Crippen LogP contribution in [0.25, 0.3) is 0 Å². The molecule has 1 amide bonds. The van der Waals surface area contributed by atoms with E-state index >= 15 is 0 Å². The lowest BCUT2D eigenvalue weighted by Crippen LogP contribution is -2.56. The van der Waals surface area contributed by atoms with Crippen LogP contribution in [0.5, 0.6) is 5.75 Å². The molecular formula is C18H21F3N2O3. The molecule has 0 bridgehead atoms. The number of hydrazone groups is 1. The normalized spacial score (nSPS) is 24.5. The molecule has 142 valence electrons. The van der Waals surface area contributed by atoms with Gasteiger partial charge in [-0.25, -0.2) is 0 Å². The van der Waals surface area contributed by atoms with E-state index in [1.165, 1.54) is 31.4 Å². The van der Waals surface area contributed by atoms with Gasteiger partial charge in [0.1, 0.15) is 5.75 Å². The molecule has 26 heavy (non-hydrogen) atoms. The molecule has 0 aromatic heterocycles. The Morgan fingerprint density at radius 1 is 1.23 bits per heavy atom. The summed E-state index contributed by atoms with van der Waals surface area (Å²) >= 11 is 0. The monoisotopic (exact) mass is 370 g/mol. The van der Waals surface area contributed by atoms with Crippen LogP contribution in [0.3, 0.4) is 0 Å². The van der Waals surface area contributed by atoms with Gasteiger partial charge in [-0.3, -0.25) is 4.79 Å². The fraction of sp³-hybridized carbons (Fsp3) is 0.556. The lowest BCUT2D eigenvalue weighted by atomic mass is 9.83. The molecule has 1 N–H and O–H groups in total. The number of nitrogens with zero attached hydrogens (tertiary/aromatic N) is 2. The summed E-state index contributed by atoms with van der Waals surface area (Å²) in [4.78, 5) is 12.7. The van der Waals surface area contributed by atoms with E-state index in [-0.39, 0.29) is 22.2 Å². The summed E-state index contributed by atoms with van der Waals surface area (Å²) in [6.07, 6.45) is -1.35. The number of alkyl halides is 3. The number of rotatable bonds is 3. The maximum absolute atomic E-state index is 13.6. The number of hydrogen-bond donors (Lipinski definition) is 1. The van der Waals surface area contributed by atoms with E-state index in [4.69, 9.17) is 4.74 Å². The zero-order valence-electron chi connectivity index (χ0n) is 14.4. The van der Waals surface area contributed by atoms with Crippen molar-refractivity contribution < 1.29 is 27.8 Å². The Morgan fingerprint density at radius 2 is 1.85 bits per heavy atom. The lowest BCUT2D eigenvalue weighted by molar-refractivity contribution is -0.297. The third-order valence-corrected chi connectivity index (χ3v) is 5.07. The van der Waals surface area contributed by atoms with Gasteiger partial charge in [0.25, 0.3) is 11.6 Å². The first-order valence-corrected chi connectivity index (χ1v) is 8.61. The average molecular weight is 370 g/mol. The van der Waals surface area contributed by atoms with Crippen molar-refractivity contribution in [2.45, 2.75) is 50.4 Å². The summed E-state index contributed by atoms with van der Waals surface area (Å²) in [6, 6.07) is 5.65. The largest absolute Gasteiger partial charge is 0.497 e.